The van der Waals surface area contributed by atoms with E-state index in [1.165, 1.54) is 18.6 Å². The zero-order valence-corrected chi connectivity index (χ0v) is 10.8. The second kappa shape index (κ2) is 4.84. The molecule has 0 saturated carbocycles. The minimum Gasteiger partial charge on any atom is -0.389 e. The van der Waals surface area contributed by atoms with E-state index in [-0.39, 0.29) is 0 Å². The lowest BCUT2D eigenvalue weighted by atomic mass is 9.74. The van der Waals surface area contributed by atoms with E-state index in [1.54, 1.807) is 0 Å². The van der Waals surface area contributed by atoms with Crippen molar-refractivity contribution in [2.75, 3.05) is 0 Å². The van der Waals surface area contributed by atoms with Crippen molar-refractivity contribution in [3.8, 4) is 0 Å². The number of rotatable bonds is 2. The normalized spacial score (nSPS) is 34.3. The van der Waals surface area contributed by atoms with E-state index < -0.39 is 17.2 Å². The Kier molecular flexibility index (Phi) is 3.31. The fourth-order valence-electron chi connectivity index (χ4n) is 3.67. The third-order valence-corrected chi connectivity index (χ3v) is 4.28. The SMILES string of the molecule is OC1(Cc2cc(F)cc(F)c2)CC2CCCC(C1)N2. The van der Waals surface area contributed by atoms with E-state index in [0.717, 1.165) is 18.9 Å². The summed E-state index contributed by atoms with van der Waals surface area (Å²) in [6.45, 7) is 0. The van der Waals surface area contributed by atoms with Gasteiger partial charge in [0.15, 0.2) is 0 Å². The van der Waals surface area contributed by atoms with Gasteiger partial charge in [0.1, 0.15) is 11.6 Å². The standard InChI is InChI=1S/C15H19F2NO/c16-11-4-10(5-12(17)6-11)7-15(19)8-13-2-1-3-14(9-15)18-13/h4-6,13-14,18-19H,1-3,7-9H2. The molecular weight excluding hydrogens is 248 g/mol. The largest absolute Gasteiger partial charge is 0.389 e. The molecule has 0 spiro atoms. The maximum atomic E-state index is 13.2. The highest BCUT2D eigenvalue weighted by molar-refractivity contribution is 5.20. The molecule has 2 saturated heterocycles. The molecule has 2 unspecified atom stereocenters. The van der Waals surface area contributed by atoms with Crippen molar-refractivity contribution in [2.45, 2.75) is 56.2 Å². The Hall–Kier alpha value is -1.00. The molecule has 0 radical (unpaired) electrons. The summed E-state index contributed by atoms with van der Waals surface area (Å²) in [6, 6.07) is 4.19. The van der Waals surface area contributed by atoms with Crippen LogP contribution in [-0.2, 0) is 6.42 Å². The van der Waals surface area contributed by atoms with E-state index in [4.69, 9.17) is 0 Å². The maximum absolute atomic E-state index is 13.2. The number of hydrogen-bond donors (Lipinski definition) is 2. The van der Waals surface area contributed by atoms with Crippen LogP contribution in [0.2, 0.25) is 0 Å². The molecule has 2 aliphatic rings. The van der Waals surface area contributed by atoms with Gasteiger partial charge >= 0.3 is 0 Å². The molecular formula is C15H19F2NO. The van der Waals surface area contributed by atoms with Gasteiger partial charge in [0.25, 0.3) is 0 Å². The van der Waals surface area contributed by atoms with Gasteiger partial charge in [-0.1, -0.05) is 6.42 Å². The zero-order chi connectivity index (χ0) is 13.5. The predicted molar refractivity (Wildman–Crippen MR) is 68.8 cm³/mol. The summed E-state index contributed by atoms with van der Waals surface area (Å²) >= 11 is 0. The summed E-state index contributed by atoms with van der Waals surface area (Å²) in [7, 11) is 0. The topological polar surface area (TPSA) is 32.3 Å². The molecule has 1 aromatic rings. The number of fused-ring (bicyclic) bond motifs is 2. The number of hydrogen-bond acceptors (Lipinski definition) is 2. The summed E-state index contributed by atoms with van der Waals surface area (Å²) in [5, 5.41) is 14.2. The van der Waals surface area contributed by atoms with Gasteiger partial charge in [-0.2, -0.15) is 0 Å². The lowest BCUT2D eigenvalue weighted by Crippen LogP contribution is -2.56. The Bertz CT molecular complexity index is 445. The number of piperidine rings is 2. The van der Waals surface area contributed by atoms with Crippen LogP contribution in [0, 0.1) is 11.6 Å². The number of benzene rings is 1. The first-order chi connectivity index (χ1) is 9.02. The fourth-order valence-corrected chi connectivity index (χ4v) is 3.67. The van der Waals surface area contributed by atoms with E-state index in [0.29, 0.717) is 36.9 Å². The molecule has 1 aromatic carbocycles. The van der Waals surface area contributed by atoms with Gasteiger partial charge < -0.3 is 10.4 Å². The quantitative estimate of drug-likeness (QED) is 0.863. The summed E-state index contributed by atoms with van der Waals surface area (Å²) in [5.74, 6) is -1.15. The number of nitrogens with one attached hydrogen (secondary N) is 1. The monoisotopic (exact) mass is 267 g/mol. The number of halogens is 2. The Morgan fingerprint density at radius 2 is 1.68 bits per heavy atom. The van der Waals surface area contributed by atoms with Crippen LogP contribution in [0.4, 0.5) is 8.78 Å². The Balaban J connectivity index is 1.77. The van der Waals surface area contributed by atoms with Gasteiger partial charge in [0.05, 0.1) is 5.60 Å². The number of aliphatic hydroxyl groups is 1. The van der Waals surface area contributed by atoms with E-state index >= 15 is 0 Å². The summed E-state index contributed by atoms with van der Waals surface area (Å²) in [5.41, 5.74) is -0.290. The van der Waals surface area contributed by atoms with E-state index in [9.17, 15) is 13.9 Å². The summed E-state index contributed by atoms with van der Waals surface area (Å²) in [4.78, 5) is 0. The van der Waals surface area contributed by atoms with Crippen LogP contribution in [0.15, 0.2) is 18.2 Å². The average molecular weight is 267 g/mol. The van der Waals surface area contributed by atoms with Crippen molar-refractivity contribution in [1.29, 1.82) is 0 Å². The highest BCUT2D eigenvalue weighted by Gasteiger charge is 2.40. The lowest BCUT2D eigenvalue weighted by molar-refractivity contribution is -0.0303. The Morgan fingerprint density at radius 3 is 2.26 bits per heavy atom. The molecule has 2 atom stereocenters. The van der Waals surface area contributed by atoms with Crippen LogP contribution in [0.5, 0.6) is 0 Å². The predicted octanol–water partition coefficient (Wildman–Crippen LogP) is 2.54. The van der Waals surface area contributed by atoms with Crippen LogP contribution >= 0.6 is 0 Å². The molecule has 104 valence electrons. The maximum Gasteiger partial charge on any atom is 0.126 e. The molecule has 2 aliphatic heterocycles. The third kappa shape index (κ3) is 2.95. The van der Waals surface area contributed by atoms with E-state index in [2.05, 4.69) is 5.32 Å². The van der Waals surface area contributed by atoms with Crippen LogP contribution in [0.3, 0.4) is 0 Å². The second-order valence-corrected chi connectivity index (χ2v) is 6.08. The Morgan fingerprint density at radius 1 is 1.11 bits per heavy atom. The van der Waals surface area contributed by atoms with Gasteiger partial charge in [-0.05, 0) is 43.4 Å². The van der Waals surface area contributed by atoms with Crippen molar-refractivity contribution in [1.82, 2.24) is 5.32 Å². The molecule has 2 bridgehead atoms. The summed E-state index contributed by atoms with van der Waals surface area (Å²) < 4.78 is 26.4. The first-order valence-corrected chi connectivity index (χ1v) is 6.96. The second-order valence-electron chi connectivity index (χ2n) is 6.08. The Labute approximate surface area is 111 Å². The third-order valence-electron chi connectivity index (χ3n) is 4.28. The van der Waals surface area contributed by atoms with Crippen molar-refractivity contribution in [3.05, 3.63) is 35.4 Å². The van der Waals surface area contributed by atoms with Crippen molar-refractivity contribution >= 4 is 0 Å². The van der Waals surface area contributed by atoms with Crippen molar-refractivity contribution < 1.29 is 13.9 Å². The first kappa shape index (κ1) is 13.0. The van der Waals surface area contributed by atoms with Gasteiger partial charge in [0, 0.05) is 24.6 Å². The molecule has 2 heterocycles. The van der Waals surface area contributed by atoms with Gasteiger partial charge in [-0.3, -0.25) is 0 Å². The van der Waals surface area contributed by atoms with Gasteiger partial charge in [-0.25, -0.2) is 8.78 Å². The molecule has 0 aromatic heterocycles. The minimum atomic E-state index is -0.832. The van der Waals surface area contributed by atoms with E-state index in [1.807, 2.05) is 0 Å². The molecule has 0 amide bonds. The molecule has 0 aliphatic carbocycles. The molecule has 3 rings (SSSR count). The smallest absolute Gasteiger partial charge is 0.126 e. The molecule has 19 heavy (non-hydrogen) atoms. The zero-order valence-electron chi connectivity index (χ0n) is 10.8. The lowest BCUT2D eigenvalue weighted by Gasteiger charge is -2.45. The molecule has 2 nitrogen and oxygen atoms in total. The molecule has 4 heteroatoms. The summed E-state index contributed by atoms with van der Waals surface area (Å²) in [6.07, 6.45) is 5.03. The van der Waals surface area contributed by atoms with Crippen LogP contribution in [0.1, 0.15) is 37.7 Å². The minimum absolute atomic E-state index is 0.330. The first-order valence-electron chi connectivity index (χ1n) is 6.96. The molecule has 2 N–H and O–H groups in total. The van der Waals surface area contributed by atoms with Crippen molar-refractivity contribution in [2.24, 2.45) is 0 Å². The van der Waals surface area contributed by atoms with Crippen LogP contribution in [0.25, 0.3) is 0 Å². The highest BCUT2D eigenvalue weighted by atomic mass is 19.1. The molecule has 2 fully saturated rings. The van der Waals surface area contributed by atoms with Gasteiger partial charge in [0.2, 0.25) is 0 Å². The fraction of sp³-hybridized carbons (Fsp3) is 0.600. The van der Waals surface area contributed by atoms with Crippen LogP contribution < -0.4 is 5.32 Å². The van der Waals surface area contributed by atoms with Crippen molar-refractivity contribution in [3.63, 3.8) is 0 Å². The van der Waals surface area contributed by atoms with Gasteiger partial charge in [-0.15, -0.1) is 0 Å². The highest BCUT2D eigenvalue weighted by Crippen LogP contribution is 2.35. The van der Waals surface area contributed by atoms with Crippen LogP contribution in [-0.4, -0.2) is 22.8 Å². The average Bonchev–Trinajstić information content (AvgIpc) is 2.25.